The smallest absolute Gasteiger partial charge is 0.265 e. The summed E-state index contributed by atoms with van der Waals surface area (Å²) >= 11 is 0. The molecule has 0 bridgehead atoms. The highest BCUT2D eigenvalue weighted by molar-refractivity contribution is 5.65. The number of aryl methyl sites for hydroxylation is 1. The second-order valence-electron chi connectivity index (χ2n) is 7.30. The summed E-state index contributed by atoms with van der Waals surface area (Å²) in [5.74, 6) is -0.692. The zero-order chi connectivity index (χ0) is 23.5. The molecule has 6 nitrogen and oxygen atoms in total. The lowest BCUT2D eigenvalue weighted by Crippen LogP contribution is -2.24. The van der Waals surface area contributed by atoms with Gasteiger partial charge in [0.05, 0.1) is 11.9 Å². The Bertz CT molecular complexity index is 1400. The van der Waals surface area contributed by atoms with Gasteiger partial charge in [-0.15, -0.1) is 0 Å². The van der Waals surface area contributed by atoms with Crippen molar-refractivity contribution in [3.8, 4) is 23.1 Å². The van der Waals surface area contributed by atoms with Crippen LogP contribution in [-0.2, 0) is 13.0 Å². The topological polar surface area (TPSA) is 76.5 Å². The Morgan fingerprint density at radius 1 is 1.18 bits per heavy atom. The van der Waals surface area contributed by atoms with Crippen molar-refractivity contribution in [3.05, 3.63) is 99.5 Å². The van der Waals surface area contributed by atoms with E-state index in [-0.39, 0.29) is 17.9 Å². The molecule has 0 spiro atoms. The quantitative estimate of drug-likeness (QED) is 0.429. The molecular formula is C24H18F3N5O. The Morgan fingerprint density at radius 3 is 2.58 bits per heavy atom. The summed E-state index contributed by atoms with van der Waals surface area (Å²) in [5, 5.41) is 13.8. The van der Waals surface area contributed by atoms with E-state index in [1.807, 2.05) is 13.1 Å². The van der Waals surface area contributed by atoms with E-state index in [9.17, 15) is 23.2 Å². The lowest BCUT2D eigenvalue weighted by molar-refractivity contribution is 0.151. The minimum atomic E-state index is -2.97. The van der Waals surface area contributed by atoms with Crippen molar-refractivity contribution in [2.45, 2.75) is 26.3 Å². The maximum Gasteiger partial charge on any atom is 0.265 e. The van der Waals surface area contributed by atoms with E-state index in [1.165, 1.54) is 30.5 Å². The third-order valence-corrected chi connectivity index (χ3v) is 5.18. The molecule has 0 amide bonds. The molecule has 0 radical (unpaired) electrons. The predicted molar refractivity (Wildman–Crippen MR) is 116 cm³/mol. The van der Waals surface area contributed by atoms with Gasteiger partial charge < -0.3 is 0 Å². The number of benzene rings is 1. The molecule has 0 N–H and O–H groups in total. The lowest BCUT2D eigenvalue weighted by Gasteiger charge is -2.14. The molecule has 0 aliphatic heterocycles. The summed E-state index contributed by atoms with van der Waals surface area (Å²) in [6.45, 7) is 2.62. The van der Waals surface area contributed by atoms with Gasteiger partial charge in [-0.1, -0.05) is 6.07 Å². The molecule has 0 fully saturated rings. The van der Waals surface area contributed by atoms with Crippen LogP contribution in [0.2, 0.25) is 0 Å². The van der Waals surface area contributed by atoms with Crippen LogP contribution in [-0.4, -0.2) is 19.3 Å². The van der Waals surface area contributed by atoms with E-state index >= 15 is 0 Å². The average molecular weight is 449 g/mol. The second-order valence-corrected chi connectivity index (χ2v) is 7.30. The van der Waals surface area contributed by atoms with Crippen molar-refractivity contribution in [1.29, 1.82) is 5.26 Å². The molecule has 33 heavy (non-hydrogen) atoms. The molecule has 3 aromatic heterocycles. The molecule has 0 atom stereocenters. The van der Waals surface area contributed by atoms with E-state index in [0.717, 1.165) is 16.2 Å². The predicted octanol–water partition coefficient (Wildman–Crippen LogP) is 4.66. The standard InChI is InChI=1S/C24H18F3N5O/c1-2-31-14-15(13-29-31)10-17-4-3-9-32(24(17)33)23-20(12-28)19(22(26)27)11-21(30-23)16-5-7-18(25)8-6-16/h3-9,11,13-14,22H,2,10H2,1H3. The zero-order valence-electron chi connectivity index (χ0n) is 17.5. The van der Waals surface area contributed by atoms with Crippen LogP contribution in [0.25, 0.3) is 17.1 Å². The van der Waals surface area contributed by atoms with Gasteiger partial charge in [0.15, 0.2) is 5.82 Å². The summed E-state index contributed by atoms with van der Waals surface area (Å²) in [6.07, 6.45) is 2.16. The van der Waals surface area contributed by atoms with Crippen molar-refractivity contribution in [3.63, 3.8) is 0 Å². The van der Waals surface area contributed by atoms with Crippen LogP contribution >= 0.6 is 0 Å². The average Bonchev–Trinajstić information content (AvgIpc) is 3.27. The lowest BCUT2D eigenvalue weighted by atomic mass is 10.0. The monoisotopic (exact) mass is 449 g/mol. The number of nitrogens with zero attached hydrogens (tertiary/aromatic N) is 5. The van der Waals surface area contributed by atoms with Crippen molar-refractivity contribution < 1.29 is 13.2 Å². The highest BCUT2D eigenvalue weighted by Gasteiger charge is 2.22. The third kappa shape index (κ3) is 4.41. The second kappa shape index (κ2) is 9.12. The fourth-order valence-corrected chi connectivity index (χ4v) is 3.51. The van der Waals surface area contributed by atoms with Crippen molar-refractivity contribution in [2.75, 3.05) is 0 Å². The number of pyridine rings is 2. The van der Waals surface area contributed by atoms with E-state index in [2.05, 4.69) is 10.1 Å². The summed E-state index contributed by atoms with van der Waals surface area (Å²) in [4.78, 5) is 17.6. The number of hydrogen-bond acceptors (Lipinski definition) is 4. The molecule has 1 aromatic carbocycles. The van der Waals surface area contributed by atoms with Crippen LogP contribution in [0.4, 0.5) is 13.2 Å². The fraction of sp³-hybridized carbons (Fsp3) is 0.167. The summed E-state index contributed by atoms with van der Waals surface area (Å²) < 4.78 is 43.8. The normalized spacial score (nSPS) is 11.0. The highest BCUT2D eigenvalue weighted by atomic mass is 19.3. The summed E-state index contributed by atoms with van der Waals surface area (Å²) in [7, 11) is 0. The van der Waals surface area contributed by atoms with Gasteiger partial charge in [0.25, 0.3) is 12.0 Å². The van der Waals surface area contributed by atoms with Crippen molar-refractivity contribution in [1.82, 2.24) is 19.3 Å². The molecule has 9 heteroatoms. The van der Waals surface area contributed by atoms with Crippen LogP contribution in [0, 0.1) is 17.1 Å². The van der Waals surface area contributed by atoms with Gasteiger partial charge >= 0.3 is 0 Å². The molecular weight excluding hydrogens is 431 g/mol. The number of hydrogen-bond donors (Lipinski definition) is 0. The largest absolute Gasteiger partial charge is 0.273 e. The molecule has 0 aliphatic rings. The van der Waals surface area contributed by atoms with E-state index in [4.69, 9.17) is 0 Å². The molecule has 4 aromatic rings. The Morgan fingerprint density at radius 2 is 1.94 bits per heavy atom. The Labute approximate surface area is 187 Å². The van der Waals surface area contributed by atoms with Crippen LogP contribution in [0.3, 0.4) is 0 Å². The Balaban J connectivity index is 1.88. The SMILES string of the molecule is CCn1cc(Cc2cccn(-c3nc(-c4ccc(F)cc4)cc(C(F)F)c3C#N)c2=O)cn1. The highest BCUT2D eigenvalue weighted by Crippen LogP contribution is 2.30. The Hall–Kier alpha value is -4.19. The number of alkyl halides is 2. The van der Waals surface area contributed by atoms with Gasteiger partial charge in [-0.3, -0.25) is 14.0 Å². The molecule has 0 saturated heterocycles. The first-order chi connectivity index (χ1) is 15.9. The number of aromatic nitrogens is 4. The third-order valence-electron chi connectivity index (χ3n) is 5.18. The van der Waals surface area contributed by atoms with Gasteiger partial charge in [0.1, 0.15) is 17.4 Å². The van der Waals surface area contributed by atoms with Crippen LogP contribution < -0.4 is 5.56 Å². The maximum atomic E-state index is 13.8. The van der Waals surface area contributed by atoms with Gasteiger partial charge in [0.2, 0.25) is 0 Å². The van der Waals surface area contributed by atoms with Crippen LogP contribution in [0.5, 0.6) is 0 Å². The van der Waals surface area contributed by atoms with Gasteiger partial charge in [-0.25, -0.2) is 18.2 Å². The van der Waals surface area contributed by atoms with Gasteiger partial charge in [-0.05, 0) is 48.9 Å². The molecule has 166 valence electrons. The minimum absolute atomic E-state index is 0.0980. The molecule has 0 saturated carbocycles. The fourth-order valence-electron chi connectivity index (χ4n) is 3.51. The molecule has 0 aliphatic carbocycles. The van der Waals surface area contributed by atoms with E-state index in [1.54, 1.807) is 29.1 Å². The van der Waals surface area contributed by atoms with Crippen molar-refractivity contribution >= 4 is 0 Å². The first-order valence-electron chi connectivity index (χ1n) is 10.1. The molecule has 4 rings (SSSR count). The minimum Gasteiger partial charge on any atom is -0.273 e. The molecule has 0 unspecified atom stereocenters. The number of rotatable bonds is 6. The maximum absolute atomic E-state index is 13.8. The van der Waals surface area contributed by atoms with Gasteiger partial charge in [-0.2, -0.15) is 10.4 Å². The Kier molecular flexibility index (Phi) is 6.09. The van der Waals surface area contributed by atoms with E-state index < -0.39 is 28.9 Å². The molecule has 3 heterocycles. The first-order valence-corrected chi connectivity index (χ1v) is 10.1. The van der Waals surface area contributed by atoms with Crippen LogP contribution in [0.15, 0.2) is 65.8 Å². The van der Waals surface area contributed by atoms with Gasteiger partial charge in [0, 0.05) is 42.0 Å². The van der Waals surface area contributed by atoms with E-state index in [0.29, 0.717) is 17.7 Å². The number of halogens is 3. The van der Waals surface area contributed by atoms with Crippen LogP contribution in [0.1, 0.15) is 35.6 Å². The first kappa shape index (κ1) is 22.0. The van der Waals surface area contributed by atoms with Crippen molar-refractivity contribution in [2.24, 2.45) is 0 Å². The summed E-state index contributed by atoms with van der Waals surface area (Å²) in [6, 6.07) is 11.2. The number of nitriles is 1. The summed E-state index contributed by atoms with van der Waals surface area (Å²) in [5.41, 5.74) is 0.249. The zero-order valence-corrected chi connectivity index (χ0v) is 17.5.